The lowest BCUT2D eigenvalue weighted by Gasteiger charge is -2.17. The Morgan fingerprint density at radius 2 is 1.78 bits per heavy atom. The van der Waals surface area contributed by atoms with Gasteiger partial charge in [-0.15, -0.1) is 0 Å². The fourth-order valence-corrected chi connectivity index (χ4v) is 3.25. The Hall–Kier alpha value is -1.71. The fraction of sp³-hybridized carbons (Fsp3) is 0.400. The van der Waals surface area contributed by atoms with E-state index in [1.54, 1.807) is 6.07 Å². The van der Waals surface area contributed by atoms with Gasteiger partial charge in [0.2, 0.25) is 0 Å². The van der Waals surface area contributed by atoms with Crippen molar-refractivity contribution in [3.63, 3.8) is 0 Å². The summed E-state index contributed by atoms with van der Waals surface area (Å²) < 4.78 is 13.6. The number of likely N-dealkylation sites (tertiary alicyclic amines) is 1. The summed E-state index contributed by atoms with van der Waals surface area (Å²) in [7, 11) is 0. The van der Waals surface area contributed by atoms with E-state index in [2.05, 4.69) is 40.5 Å². The minimum absolute atomic E-state index is 0.0924. The van der Waals surface area contributed by atoms with Crippen molar-refractivity contribution < 1.29 is 4.39 Å². The van der Waals surface area contributed by atoms with Crippen molar-refractivity contribution in [3.05, 3.63) is 71.5 Å². The van der Waals surface area contributed by atoms with E-state index in [-0.39, 0.29) is 5.82 Å². The largest absolute Gasteiger partial charge is 0.312 e. The molecule has 1 fully saturated rings. The van der Waals surface area contributed by atoms with Crippen LogP contribution in [0.25, 0.3) is 0 Å². The summed E-state index contributed by atoms with van der Waals surface area (Å²) in [5, 5.41) is 3.58. The van der Waals surface area contributed by atoms with Gasteiger partial charge in [-0.2, -0.15) is 0 Å². The summed E-state index contributed by atoms with van der Waals surface area (Å²) in [5.74, 6) is -0.0924. The van der Waals surface area contributed by atoms with E-state index < -0.39 is 0 Å². The number of rotatable bonds is 7. The van der Waals surface area contributed by atoms with Crippen LogP contribution in [0.15, 0.2) is 54.6 Å². The normalized spacial score (nSPS) is 18.4. The molecule has 0 aliphatic carbocycles. The van der Waals surface area contributed by atoms with Crippen LogP contribution in [0.5, 0.6) is 0 Å². The number of hydrogen-bond acceptors (Lipinski definition) is 2. The highest BCUT2D eigenvalue weighted by molar-refractivity contribution is 5.17. The Morgan fingerprint density at radius 1 is 1.00 bits per heavy atom. The molecule has 122 valence electrons. The summed E-state index contributed by atoms with van der Waals surface area (Å²) in [4.78, 5) is 2.52. The Morgan fingerprint density at radius 3 is 2.61 bits per heavy atom. The van der Waals surface area contributed by atoms with Crippen LogP contribution in [-0.4, -0.2) is 37.1 Å². The second-order valence-corrected chi connectivity index (χ2v) is 6.32. The summed E-state index contributed by atoms with van der Waals surface area (Å²) in [6.45, 7) is 4.22. The molecule has 0 amide bonds. The minimum atomic E-state index is -0.0924. The van der Waals surface area contributed by atoms with Gasteiger partial charge in [-0.1, -0.05) is 48.5 Å². The highest BCUT2D eigenvalue weighted by Gasteiger charge is 2.21. The molecule has 0 bridgehead atoms. The van der Waals surface area contributed by atoms with E-state index in [1.807, 2.05) is 12.1 Å². The lowest BCUT2D eigenvalue weighted by molar-refractivity contribution is 0.332. The smallest absolute Gasteiger partial charge is 0.126 e. The zero-order valence-corrected chi connectivity index (χ0v) is 13.5. The van der Waals surface area contributed by atoms with Crippen LogP contribution in [0, 0.1) is 5.82 Å². The molecule has 1 atom stereocenters. The van der Waals surface area contributed by atoms with Gasteiger partial charge in [-0.3, -0.25) is 0 Å². The number of halogens is 1. The molecule has 1 aliphatic rings. The maximum absolute atomic E-state index is 13.6. The SMILES string of the molecule is Fc1ccccc1CCN[C@H]1CCN(CCc2ccccc2)C1. The van der Waals surface area contributed by atoms with E-state index in [9.17, 15) is 4.39 Å². The van der Waals surface area contributed by atoms with Crippen LogP contribution < -0.4 is 5.32 Å². The number of benzene rings is 2. The van der Waals surface area contributed by atoms with Crippen molar-refractivity contribution in [2.24, 2.45) is 0 Å². The first kappa shape index (κ1) is 16.2. The third-order valence-corrected chi connectivity index (χ3v) is 4.62. The van der Waals surface area contributed by atoms with Gasteiger partial charge in [0.1, 0.15) is 5.82 Å². The van der Waals surface area contributed by atoms with Gasteiger partial charge in [0.15, 0.2) is 0 Å². The van der Waals surface area contributed by atoms with Gasteiger partial charge >= 0.3 is 0 Å². The third-order valence-electron chi connectivity index (χ3n) is 4.62. The lowest BCUT2D eigenvalue weighted by atomic mass is 10.1. The molecular formula is C20H25FN2. The number of nitrogens with one attached hydrogen (secondary N) is 1. The monoisotopic (exact) mass is 312 g/mol. The molecule has 0 aromatic heterocycles. The van der Waals surface area contributed by atoms with Gasteiger partial charge < -0.3 is 10.2 Å². The quantitative estimate of drug-likeness (QED) is 0.844. The maximum Gasteiger partial charge on any atom is 0.126 e. The van der Waals surface area contributed by atoms with E-state index in [0.29, 0.717) is 6.04 Å². The van der Waals surface area contributed by atoms with Crippen molar-refractivity contribution in [2.45, 2.75) is 25.3 Å². The number of nitrogens with zero attached hydrogens (tertiary/aromatic N) is 1. The van der Waals surface area contributed by atoms with Crippen molar-refractivity contribution in [3.8, 4) is 0 Å². The Labute approximate surface area is 138 Å². The van der Waals surface area contributed by atoms with Crippen LogP contribution in [0.1, 0.15) is 17.5 Å². The van der Waals surface area contributed by atoms with Gasteiger partial charge in [0.25, 0.3) is 0 Å². The Kier molecular flexibility index (Phi) is 5.78. The predicted molar refractivity (Wildman–Crippen MR) is 93.1 cm³/mol. The first-order valence-corrected chi connectivity index (χ1v) is 8.54. The lowest BCUT2D eigenvalue weighted by Crippen LogP contribution is -2.34. The molecule has 0 saturated carbocycles. The van der Waals surface area contributed by atoms with Crippen LogP contribution in [-0.2, 0) is 12.8 Å². The molecule has 1 heterocycles. The second kappa shape index (κ2) is 8.23. The molecule has 0 unspecified atom stereocenters. The van der Waals surface area contributed by atoms with Crippen molar-refractivity contribution in [1.29, 1.82) is 0 Å². The summed E-state index contributed by atoms with van der Waals surface area (Å²) in [6.07, 6.45) is 3.06. The first-order valence-electron chi connectivity index (χ1n) is 8.54. The first-order chi connectivity index (χ1) is 11.3. The van der Waals surface area contributed by atoms with Crippen molar-refractivity contribution in [2.75, 3.05) is 26.2 Å². The van der Waals surface area contributed by atoms with Crippen molar-refractivity contribution >= 4 is 0 Å². The van der Waals surface area contributed by atoms with Crippen LogP contribution in [0.4, 0.5) is 4.39 Å². The standard InChI is InChI=1S/C20H25FN2/c21-20-9-5-4-8-18(20)10-13-22-19-12-15-23(16-19)14-11-17-6-2-1-3-7-17/h1-9,19,22H,10-16H2/t19-/m0/s1. The van der Waals surface area contributed by atoms with E-state index >= 15 is 0 Å². The number of hydrogen-bond donors (Lipinski definition) is 1. The van der Waals surface area contributed by atoms with Gasteiger partial charge in [0, 0.05) is 19.1 Å². The third kappa shape index (κ3) is 4.88. The predicted octanol–water partition coefficient (Wildman–Crippen LogP) is 3.27. The summed E-state index contributed by atoms with van der Waals surface area (Å²) in [5.41, 5.74) is 2.21. The van der Waals surface area contributed by atoms with E-state index in [0.717, 1.165) is 44.6 Å². The molecule has 1 aliphatic heterocycles. The van der Waals surface area contributed by atoms with Gasteiger partial charge in [-0.25, -0.2) is 4.39 Å². The Bertz CT molecular complexity index is 600. The summed E-state index contributed by atoms with van der Waals surface area (Å²) in [6, 6.07) is 18.3. The molecule has 1 N–H and O–H groups in total. The molecule has 2 aromatic carbocycles. The zero-order valence-electron chi connectivity index (χ0n) is 13.5. The van der Waals surface area contributed by atoms with Gasteiger partial charge in [0.05, 0.1) is 0 Å². The highest BCUT2D eigenvalue weighted by Crippen LogP contribution is 2.11. The maximum atomic E-state index is 13.6. The Balaban J connectivity index is 1.36. The zero-order chi connectivity index (χ0) is 15.9. The molecule has 0 spiro atoms. The summed E-state index contributed by atoms with van der Waals surface area (Å²) >= 11 is 0. The molecule has 3 heteroatoms. The average molecular weight is 312 g/mol. The van der Waals surface area contributed by atoms with Crippen LogP contribution >= 0.6 is 0 Å². The fourth-order valence-electron chi connectivity index (χ4n) is 3.25. The van der Waals surface area contributed by atoms with E-state index in [1.165, 1.54) is 18.1 Å². The molecule has 2 nitrogen and oxygen atoms in total. The van der Waals surface area contributed by atoms with E-state index in [4.69, 9.17) is 0 Å². The second-order valence-electron chi connectivity index (χ2n) is 6.32. The topological polar surface area (TPSA) is 15.3 Å². The van der Waals surface area contributed by atoms with Crippen LogP contribution in [0.3, 0.4) is 0 Å². The average Bonchev–Trinajstić information content (AvgIpc) is 3.04. The molecule has 3 rings (SSSR count). The molecule has 2 aromatic rings. The molecule has 23 heavy (non-hydrogen) atoms. The van der Waals surface area contributed by atoms with Crippen LogP contribution in [0.2, 0.25) is 0 Å². The molecule has 1 saturated heterocycles. The minimum Gasteiger partial charge on any atom is -0.312 e. The molecular weight excluding hydrogens is 287 g/mol. The van der Waals surface area contributed by atoms with Crippen molar-refractivity contribution in [1.82, 2.24) is 10.2 Å². The van der Waals surface area contributed by atoms with Gasteiger partial charge in [-0.05, 0) is 49.5 Å². The highest BCUT2D eigenvalue weighted by atomic mass is 19.1. The molecule has 0 radical (unpaired) electrons.